The van der Waals surface area contributed by atoms with Crippen LogP contribution < -0.4 is 16.0 Å². The van der Waals surface area contributed by atoms with E-state index in [0.29, 0.717) is 29.6 Å². The van der Waals surface area contributed by atoms with Gasteiger partial charge in [-0.05, 0) is 49.3 Å². The van der Waals surface area contributed by atoms with Crippen LogP contribution in [0.25, 0.3) is 0 Å². The van der Waals surface area contributed by atoms with Gasteiger partial charge in [0.2, 0.25) is 0 Å². The zero-order valence-electron chi connectivity index (χ0n) is 15.0. The van der Waals surface area contributed by atoms with Gasteiger partial charge in [0.05, 0.1) is 11.8 Å². The molecule has 0 radical (unpaired) electrons. The SMILES string of the molecule is O=C(NCc1ccc(Cl)cc1)NC1CCC(CNC(=O)c2cn[nH]c2)CC1. The van der Waals surface area contributed by atoms with E-state index in [1.807, 2.05) is 24.3 Å². The highest BCUT2D eigenvalue weighted by molar-refractivity contribution is 6.30. The number of nitrogens with zero attached hydrogens (tertiary/aromatic N) is 1. The van der Waals surface area contributed by atoms with Crippen LogP contribution in [0.15, 0.2) is 36.7 Å². The Kier molecular flexibility index (Phi) is 6.70. The maximum absolute atomic E-state index is 12.1. The molecule has 1 aliphatic carbocycles. The summed E-state index contributed by atoms with van der Waals surface area (Å²) in [6.45, 7) is 1.12. The number of carbonyl (C=O) groups excluding carboxylic acids is 2. The summed E-state index contributed by atoms with van der Waals surface area (Å²) in [6, 6.07) is 7.43. The van der Waals surface area contributed by atoms with E-state index in [0.717, 1.165) is 31.2 Å². The van der Waals surface area contributed by atoms with E-state index >= 15 is 0 Å². The molecule has 0 atom stereocenters. The highest BCUT2D eigenvalue weighted by Gasteiger charge is 2.23. The second-order valence-corrected chi connectivity index (χ2v) is 7.30. The van der Waals surface area contributed by atoms with E-state index in [1.54, 1.807) is 6.20 Å². The molecular formula is C19H24ClN5O2. The molecule has 1 aromatic carbocycles. The predicted molar refractivity (Wildman–Crippen MR) is 103 cm³/mol. The van der Waals surface area contributed by atoms with Crippen molar-refractivity contribution >= 4 is 23.5 Å². The molecule has 0 spiro atoms. The number of benzene rings is 1. The lowest BCUT2D eigenvalue weighted by Crippen LogP contribution is -2.44. The van der Waals surface area contributed by atoms with Crippen molar-refractivity contribution in [1.82, 2.24) is 26.1 Å². The number of hydrogen-bond acceptors (Lipinski definition) is 3. The molecule has 0 unspecified atom stereocenters. The molecule has 0 aliphatic heterocycles. The highest BCUT2D eigenvalue weighted by atomic mass is 35.5. The molecule has 8 heteroatoms. The molecule has 4 N–H and O–H groups in total. The van der Waals surface area contributed by atoms with Gasteiger partial charge in [0.25, 0.3) is 5.91 Å². The van der Waals surface area contributed by atoms with Crippen LogP contribution >= 0.6 is 11.6 Å². The Labute approximate surface area is 163 Å². The van der Waals surface area contributed by atoms with Gasteiger partial charge in [-0.1, -0.05) is 23.7 Å². The third-order valence-electron chi connectivity index (χ3n) is 4.86. The van der Waals surface area contributed by atoms with Crippen LogP contribution in [-0.4, -0.2) is 34.7 Å². The number of aromatic nitrogens is 2. The second kappa shape index (κ2) is 9.41. The van der Waals surface area contributed by atoms with Gasteiger partial charge in [-0.2, -0.15) is 5.10 Å². The van der Waals surface area contributed by atoms with Crippen molar-refractivity contribution in [3.8, 4) is 0 Å². The summed E-state index contributed by atoms with van der Waals surface area (Å²) < 4.78 is 0. The number of urea groups is 1. The Morgan fingerprint density at radius 3 is 2.52 bits per heavy atom. The monoisotopic (exact) mass is 389 g/mol. The molecule has 0 saturated heterocycles. The van der Waals surface area contributed by atoms with Gasteiger partial charge in [0.15, 0.2) is 0 Å². The van der Waals surface area contributed by atoms with Crippen molar-refractivity contribution in [3.63, 3.8) is 0 Å². The first-order valence-electron chi connectivity index (χ1n) is 9.16. The van der Waals surface area contributed by atoms with Gasteiger partial charge >= 0.3 is 6.03 Å². The lowest BCUT2D eigenvalue weighted by molar-refractivity contribution is 0.0943. The summed E-state index contributed by atoms with van der Waals surface area (Å²) in [6.07, 6.45) is 6.89. The molecule has 2 aromatic rings. The number of hydrogen-bond donors (Lipinski definition) is 4. The summed E-state index contributed by atoms with van der Waals surface area (Å²) in [4.78, 5) is 24.0. The van der Waals surface area contributed by atoms with E-state index in [-0.39, 0.29) is 18.0 Å². The zero-order valence-corrected chi connectivity index (χ0v) is 15.8. The van der Waals surface area contributed by atoms with Gasteiger partial charge in [-0.3, -0.25) is 9.89 Å². The largest absolute Gasteiger partial charge is 0.352 e. The smallest absolute Gasteiger partial charge is 0.315 e. The van der Waals surface area contributed by atoms with E-state index in [9.17, 15) is 9.59 Å². The Morgan fingerprint density at radius 1 is 1.11 bits per heavy atom. The molecule has 7 nitrogen and oxygen atoms in total. The van der Waals surface area contributed by atoms with Gasteiger partial charge in [0, 0.05) is 30.4 Å². The minimum Gasteiger partial charge on any atom is -0.352 e. The lowest BCUT2D eigenvalue weighted by Gasteiger charge is -2.29. The molecular weight excluding hydrogens is 366 g/mol. The summed E-state index contributed by atoms with van der Waals surface area (Å²) in [5, 5.41) is 15.9. The van der Waals surface area contributed by atoms with Gasteiger partial charge in [0.1, 0.15) is 0 Å². The molecule has 3 amide bonds. The third-order valence-corrected chi connectivity index (χ3v) is 5.11. The number of nitrogens with one attached hydrogen (secondary N) is 4. The van der Waals surface area contributed by atoms with Crippen LogP contribution in [0.4, 0.5) is 4.79 Å². The number of amides is 3. The van der Waals surface area contributed by atoms with Crippen molar-refractivity contribution in [1.29, 1.82) is 0 Å². The highest BCUT2D eigenvalue weighted by Crippen LogP contribution is 2.23. The van der Waals surface area contributed by atoms with Gasteiger partial charge < -0.3 is 16.0 Å². The minimum absolute atomic E-state index is 0.106. The van der Waals surface area contributed by atoms with E-state index in [2.05, 4.69) is 26.1 Å². The first-order valence-corrected chi connectivity index (χ1v) is 9.53. The number of halogens is 1. The van der Waals surface area contributed by atoms with Crippen LogP contribution in [0.5, 0.6) is 0 Å². The van der Waals surface area contributed by atoms with Crippen molar-refractivity contribution in [2.24, 2.45) is 5.92 Å². The molecule has 3 rings (SSSR count). The van der Waals surface area contributed by atoms with Gasteiger partial charge in [-0.25, -0.2) is 4.79 Å². The number of H-pyrrole nitrogens is 1. The van der Waals surface area contributed by atoms with E-state index in [4.69, 9.17) is 11.6 Å². The first kappa shape index (κ1) is 19.2. The maximum atomic E-state index is 12.1. The summed E-state index contributed by atoms with van der Waals surface area (Å²) in [5.41, 5.74) is 1.55. The molecule has 1 saturated carbocycles. The fourth-order valence-corrected chi connectivity index (χ4v) is 3.37. The molecule has 0 bridgehead atoms. The van der Waals surface area contributed by atoms with Crippen LogP contribution in [-0.2, 0) is 6.54 Å². The Balaban J connectivity index is 1.32. The number of carbonyl (C=O) groups is 2. The minimum atomic E-state index is -0.151. The standard InChI is InChI=1S/C19H24ClN5O2/c20-16-5-1-13(2-6-16)10-22-19(27)25-17-7-3-14(4-8-17)9-21-18(26)15-11-23-24-12-15/h1-2,5-6,11-12,14,17H,3-4,7-10H2,(H,21,26)(H,23,24)(H2,22,25,27). The van der Waals surface area contributed by atoms with Crippen LogP contribution in [0.2, 0.25) is 5.02 Å². The number of rotatable bonds is 6. The third kappa shape index (κ3) is 5.99. The molecule has 1 fully saturated rings. The van der Waals surface area contributed by atoms with Crippen molar-refractivity contribution in [2.45, 2.75) is 38.3 Å². The summed E-state index contributed by atoms with van der Waals surface area (Å²) in [7, 11) is 0. The van der Waals surface area contributed by atoms with Crippen molar-refractivity contribution in [2.75, 3.05) is 6.54 Å². The molecule has 27 heavy (non-hydrogen) atoms. The normalized spacial score (nSPS) is 19.3. The van der Waals surface area contributed by atoms with E-state index < -0.39 is 0 Å². The second-order valence-electron chi connectivity index (χ2n) is 6.87. The van der Waals surface area contributed by atoms with Crippen molar-refractivity contribution in [3.05, 3.63) is 52.8 Å². The topological polar surface area (TPSA) is 98.9 Å². The Bertz CT molecular complexity index is 740. The molecule has 1 aliphatic rings. The van der Waals surface area contributed by atoms with Crippen LogP contribution in [0.1, 0.15) is 41.6 Å². The van der Waals surface area contributed by atoms with Crippen LogP contribution in [0, 0.1) is 5.92 Å². The fraction of sp³-hybridized carbons (Fsp3) is 0.421. The van der Waals surface area contributed by atoms with Crippen molar-refractivity contribution < 1.29 is 9.59 Å². The predicted octanol–water partition coefficient (Wildman–Crippen LogP) is 2.85. The average Bonchev–Trinajstić information content (AvgIpc) is 3.22. The quantitative estimate of drug-likeness (QED) is 0.611. The zero-order chi connectivity index (χ0) is 19.1. The summed E-state index contributed by atoms with van der Waals surface area (Å²) >= 11 is 5.85. The van der Waals surface area contributed by atoms with Crippen LogP contribution in [0.3, 0.4) is 0 Å². The first-order chi connectivity index (χ1) is 13.1. The number of aromatic amines is 1. The Hall–Kier alpha value is -2.54. The average molecular weight is 390 g/mol. The fourth-order valence-electron chi connectivity index (χ4n) is 3.25. The maximum Gasteiger partial charge on any atom is 0.315 e. The van der Waals surface area contributed by atoms with E-state index in [1.165, 1.54) is 6.20 Å². The lowest BCUT2D eigenvalue weighted by atomic mass is 9.86. The summed E-state index contributed by atoms with van der Waals surface area (Å²) in [5.74, 6) is 0.335. The molecule has 144 valence electrons. The molecule has 1 heterocycles. The molecule has 1 aromatic heterocycles. The van der Waals surface area contributed by atoms with Gasteiger partial charge in [-0.15, -0.1) is 0 Å². The Morgan fingerprint density at radius 2 is 1.85 bits per heavy atom.